The van der Waals surface area contributed by atoms with Crippen molar-refractivity contribution in [2.75, 3.05) is 0 Å². The Hall–Kier alpha value is -2.12. The lowest BCUT2D eigenvalue weighted by Gasteiger charge is -2.20. The summed E-state index contributed by atoms with van der Waals surface area (Å²) in [7, 11) is -3.81. The zero-order chi connectivity index (χ0) is 19.3. The fourth-order valence-electron chi connectivity index (χ4n) is 2.64. The maximum absolute atomic E-state index is 12.8. The largest absolute Gasteiger partial charge is 0.467 e. The summed E-state index contributed by atoms with van der Waals surface area (Å²) in [6, 6.07) is 7.86. The molecule has 0 aliphatic rings. The van der Waals surface area contributed by atoms with E-state index in [4.69, 9.17) is 4.42 Å². The van der Waals surface area contributed by atoms with Crippen molar-refractivity contribution in [3.63, 3.8) is 0 Å². The van der Waals surface area contributed by atoms with E-state index in [1.807, 2.05) is 26.8 Å². The van der Waals surface area contributed by atoms with Gasteiger partial charge in [-0.2, -0.15) is 4.72 Å². The van der Waals surface area contributed by atoms with Crippen molar-refractivity contribution in [1.29, 1.82) is 0 Å². The molecular formula is C19H26N2O4S. The average molecular weight is 378 g/mol. The molecule has 0 fully saturated rings. The van der Waals surface area contributed by atoms with Gasteiger partial charge < -0.3 is 9.73 Å². The number of aryl methyl sites for hydroxylation is 2. The molecule has 7 heteroatoms. The maximum Gasteiger partial charge on any atom is 0.241 e. The summed E-state index contributed by atoms with van der Waals surface area (Å²) in [5.41, 5.74) is 1.49. The minimum atomic E-state index is -3.81. The van der Waals surface area contributed by atoms with Gasteiger partial charge in [-0.3, -0.25) is 4.79 Å². The van der Waals surface area contributed by atoms with Crippen LogP contribution in [0.4, 0.5) is 0 Å². The van der Waals surface area contributed by atoms with Crippen LogP contribution in [-0.4, -0.2) is 20.4 Å². The highest BCUT2D eigenvalue weighted by atomic mass is 32.2. The molecule has 6 nitrogen and oxygen atoms in total. The van der Waals surface area contributed by atoms with Gasteiger partial charge in [0.25, 0.3) is 0 Å². The van der Waals surface area contributed by atoms with Gasteiger partial charge in [-0.05, 0) is 55.5 Å². The van der Waals surface area contributed by atoms with Gasteiger partial charge in [0.2, 0.25) is 15.9 Å². The van der Waals surface area contributed by atoms with E-state index in [2.05, 4.69) is 10.0 Å². The summed E-state index contributed by atoms with van der Waals surface area (Å²) in [6.07, 6.45) is 1.92. The van der Waals surface area contributed by atoms with Crippen LogP contribution in [0.15, 0.2) is 45.9 Å². The Labute approximate surface area is 155 Å². The summed E-state index contributed by atoms with van der Waals surface area (Å²) in [6.45, 7) is 7.67. The third kappa shape index (κ3) is 5.44. The lowest BCUT2D eigenvalue weighted by atomic mass is 10.0. The predicted molar refractivity (Wildman–Crippen MR) is 100 cm³/mol. The Morgan fingerprint density at radius 2 is 1.92 bits per heavy atom. The third-order valence-electron chi connectivity index (χ3n) is 3.97. The summed E-state index contributed by atoms with van der Waals surface area (Å²) >= 11 is 0. The second-order valence-electron chi connectivity index (χ2n) is 6.87. The fourth-order valence-corrected chi connectivity index (χ4v) is 4.18. The molecule has 2 aromatic rings. The van der Waals surface area contributed by atoms with Crippen molar-refractivity contribution >= 4 is 15.9 Å². The van der Waals surface area contributed by atoms with Gasteiger partial charge in [0, 0.05) is 0 Å². The number of furan rings is 1. The smallest absolute Gasteiger partial charge is 0.241 e. The number of carbonyl (C=O) groups is 1. The lowest BCUT2D eigenvalue weighted by molar-refractivity contribution is -0.123. The van der Waals surface area contributed by atoms with Crippen molar-refractivity contribution in [1.82, 2.24) is 10.0 Å². The molecule has 1 aromatic carbocycles. The molecule has 1 atom stereocenters. The second-order valence-corrected chi connectivity index (χ2v) is 8.55. The second kappa shape index (κ2) is 8.51. The topological polar surface area (TPSA) is 88.4 Å². The van der Waals surface area contributed by atoms with Crippen LogP contribution in [0.5, 0.6) is 0 Å². The van der Waals surface area contributed by atoms with Crippen LogP contribution in [-0.2, 0) is 21.4 Å². The molecule has 0 aliphatic heterocycles. The molecule has 0 radical (unpaired) electrons. The monoisotopic (exact) mass is 378 g/mol. The number of hydrogen-bond donors (Lipinski definition) is 2. The van der Waals surface area contributed by atoms with E-state index in [9.17, 15) is 13.2 Å². The molecule has 142 valence electrons. The number of amides is 1. The minimum absolute atomic E-state index is 0.149. The lowest BCUT2D eigenvalue weighted by Crippen LogP contribution is -2.47. The first-order valence-corrected chi connectivity index (χ1v) is 10.1. The average Bonchev–Trinajstić information content (AvgIpc) is 3.07. The highest BCUT2D eigenvalue weighted by molar-refractivity contribution is 7.89. The zero-order valence-electron chi connectivity index (χ0n) is 15.6. The first kappa shape index (κ1) is 20.2. The minimum Gasteiger partial charge on any atom is -0.467 e. The van der Waals surface area contributed by atoms with Crippen molar-refractivity contribution in [2.24, 2.45) is 5.92 Å². The Morgan fingerprint density at radius 3 is 2.54 bits per heavy atom. The molecule has 2 rings (SSSR count). The molecule has 1 aromatic heterocycles. The number of hydrogen-bond acceptors (Lipinski definition) is 4. The number of carbonyl (C=O) groups excluding carboxylic acids is 1. The van der Waals surface area contributed by atoms with Crippen molar-refractivity contribution < 1.29 is 17.6 Å². The van der Waals surface area contributed by atoms with Gasteiger partial charge in [-0.1, -0.05) is 26.0 Å². The summed E-state index contributed by atoms with van der Waals surface area (Å²) < 4.78 is 33.4. The number of nitrogens with one attached hydrogen (secondary N) is 2. The number of benzene rings is 1. The van der Waals surface area contributed by atoms with Gasteiger partial charge in [-0.15, -0.1) is 0 Å². The Morgan fingerprint density at radius 1 is 1.19 bits per heavy atom. The van der Waals surface area contributed by atoms with E-state index >= 15 is 0 Å². The van der Waals surface area contributed by atoms with Crippen LogP contribution in [0.1, 0.15) is 37.2 Å². The molecule has 0 saturated carbocycles. The summed E-state index contributed by atoms with van der Waals surface area (Å²) in [5.74, 6) is 0.388. The quantitative estimate of drug-likeness (QED) is 0.739. The van der Waals surface area contributed by atoms with Gasteiger partial charge in [0.15, 0.2) is 0 Å². The molecule has 0 unspecified atom stereocenters. The van der Waals surface area contributed by atoms with Crippen LogP contribution >= 0.6 is 0 Å². The molecule has 0 saturated heterocycles. The Bertz CT molecular complexity index is 842. The van der Waals surface area contributed by atoms with E-state index in [1.165, 1.54) is 6.26 Å². The zero-order valence-corrected chi connectivity index (χ0v) is 16.4. The highest BCUT2D eigenvalue weighted by Gasteiger charge is 2.27. The SMILES string of the molecule is Cc1ccc(C)c(S(=O)(=O)N[C@H](CC(C)C)C(=O)NCc2ccco2)c1. The number of rotatable bonds is 8. The third-order valence-corrected chi connectivity index (χ3v) is 5.58. The van der Waals surface area contributed by atoms with Crippen molar-refractivity contribution in [2.45, 2.75) is 51.6 Å². The van der Waals surface area contributed by atoms with Crippen LogP contribution in [0.25, 0.3) is 0 Å². The summed E-state index contributed by atoms with van der Waals surface area (Å²) in [5, 5.41) is 2.73. The Kier molecular flexibility index (Phi) is 6.61. The molecule has 0 spiro atoms. The molecule has 1 amide bonds. The van der Waals surface area contributed by atoms with E-state index < -0.39 is 16.1 Å². The normalized spacial score (nSPS) is 13.0. The van der Waals surface area contributed by atoms with Gasteiger partial charge in [-0.25, -0.2) is 8.42 Å². The van der Waals surface area contributed by atoms with Crippen LogP contribution < -0.4 is 10.0 Å². The van der Waals surface area contributed by atoms with E-state index in [-0.39, 0.29) is 23.3 Å². The van der Waals surface area contributed by atoms with E-state index in [0.717, 1.165) is 5.56 Å². The van der Waals surface area contributed by atoms with Crippen molar-refractivity contribution in [3.05, 3.63) is 53.5 Å². The fraction of sp³-hybridized carbons (Fsp3) is 0.421. The highest BCUT2D eigenvalue weighted by Crippen LogP contribution is 2.18. The molecule has 0 bridgehead atoms. The first-order chi connectivity index (χ1) is 12.2. The molecule has 0 aliphatic carbocycles. The van der Waals surface area contributed by atoms with Crippen LogP contribution in [0.3, 0.4) is 0 Å². The predicted octanol–water partition coefficient (Wildman–Crippen LogP) is 2.91. The Balaban J connectivity index is 2.17. The maximum atomic E-state index is 12.8. The van der Waals surface area contributed by atoms with Crippen molar-refractivity contribution in [3.8, 4) is 0 Å². The van der Waals surface area contributed by atoms with Gasteiger partial charge in [0.05, 0.1) is 17.7 Å². The summed E-state index contributed by atoms with van der Waals surface area (Å²) in [4.78, 5) is 12.8. The molecular weight excluding hydrogens is 352 g/mol. The van der Waals surface area contributed by atoms with Crippen LogP contribution in [0.2, 0.25) is 0 Å². The molecule has 26 heavy (non-hydrogen) atoms. The molecule has 1 heterocycles. The van der Waals surface area contributed by atoms with E-state index in [1.54, 1.807) is 31.2 Å². The standard InChI is InChI=1S/C19H26N2O4S/c1-13(2)10-17(19(22)20-12-16-6-5-9-25-16)21-26(23,24)18-11-14(3)7-8-15(18)4/h5-9,11,13,17,21H,10,12H2,1-4H3,(H,20,22)/t17-/m1/s1. The van der Waals surface area contributed by atoms with Gasteiger partial charge >= 0.3 is 0 Å². The van der Waals surface area contributed by atoms with Gasteiger partial charge in [0.1, 0.15) is 11.8 Å². The van der Waals surface area contributed by atoms with Crippen LogP contribution in [0, 0.1) is 19.8 Å². The molecule has 2 N–H and O–H groups in total. The van der Waals surface area contributed by atoms with E-state index in [0.29, 0.717) is 17.7 Å². The first-order valence-electron chi connectivity index (χ1n) is 8.58. The number of sulfonamides is 1.